The summed E-state index contributed by atoms with van der Waals surface area (Å²) in [5, 5.41) is 6.58. The second-order valence-electron chi connectivity index (χ2n) is 7.30. The highest BCUT2D eigenvalue weighted by molar-refractivity contribution is 6.05. The molecule has 2 unspecified atom stereocenters. The minimum Gasteiger partial charge on any atom is -0.322 e. The number of carbonyl (C=O) groups excluding carboxylic acids is 1. The molecule has 1 aromatic heterocycles. The van der Waals surface area contributed by atoms with Crippen LogP contribution in [0.4, 0.5) is 14.5 Å². The number of allylic oxidation sites excluding steroid dienone is 2. The fraction of sp³-hybridized carbons (Fsp3) is 0.400. The van der Waals surface area contributed by atoms with Gasteiger partial charge < -0.3 is 5.32 Å². The summed E-state index contributed by atoms with van der Waals surface area (Å²) in [4.78, 5) is 12.7. The van der Waals surface area contributed by atoms with E-state index in [-0.39, 0.29) is 18.0 Å². The molecule has 1 heterocycles. The van der Waals surface area contributed by atoms with Crippen LogP contribution in [-0.2, 0) is 7.05 Å². The normalized spacial score (nSPS) is 19.9. The summed E-state index contributed by atoms with van der Waals surface area (Å²) in [6.07, 6.45) is 0.758. The number of carbonyl (C=O) groups is 1. The number of nitrogens with zero attached hydrogens (tertiary/aromatic N) is 2. The topological polar surface area (TPSA) is 46.9 Å². The Bertz CT molecular complexity index is 931. The average molecular weight is 394 g/mol. The molecule has 0 aliphatic heterocycles. The molecular formula is C20H22ClF2N3O. The summed E-state index contributed by atoms with van der Waals surface area (Å²) in [7, 11) is 1.53. The maximum atomic E-state index is 13.2. The Morgan fingerprint density at radius 3 is 2.63 bits per heavy atom. The van der Waals surface area contributed by atoms with Crippen molar-refractivity contribution in [3.63, 3.8) is 0 Å². The van der Waals surface area contributed by atoms with Crippen LogP contribution in [0.2, 0.25) is 0 Å². The SMILES string of the molecule is CC(C)=C1C2CCC1c1c(NC(=O)c3cn(C)nc3C(F)F)cccc12.Cl. The molecule has 4 nitrogen and oxygen atoms in total. The van der Waals surface area contributed by atoms with Crippen LogP contribution in [0.15, 0.2) is 35.5 Å². The molecule has 1 amide bonds. The summed E-state index contributed by atoms with van der Waals surface area (Å²) in [5.41, 5.74) is 5.36. The van der Waals surface area contributed by atoms with Gasteiger partial charge >= 0.3 is 0 Å². The molecule has 27 heavy (non-hydrogen) atoms. The quantitative estimate of drug-likeness (QED) is 0.715. The van der Waals surface area contributed by atoms with Crippen molar-refractivity contribution in [3.8, 4) is 0 Å². The minimum atomic E-state index is -2.79. The van der Waals surface area contributed by atoms with Gasteiger partial charge in [0.05, 0.1) is 5.56 Å². The lowest BCUT2D eigenvalue weighted by molar-refractivity contribution is 0.101. The molecule has 2 aromatic rings. The molecule has 2 bridgehead atoms. The van der Waals surface area contributed by atoms with Gasteiger partial charge in [-0.1, -0.05) is 23.3 Å². The van der Waals surface area contributed by atoms with Gasteiger partial charge in [0.2, 0.25) is 0 Å². The van der Waals surface area contributed by atoms with E-state index in [1.54, 1.807) is 0 Å². The van der Waals surface area contributed by atoms with E-state index in [4.69, 9.17) is 0 Å². The Labute approximate surface area is 163 Å². The van der Waals surface area contributed by atoms with E-state index in [1.807, 2.05) is 12.1 Å². The van der Waals surface area contributed by atoms with Gasteiger partial charge in [-0.25, -0.2) is 8.78 Å². The summed E-state index contributed by atoms with van der Waals surface area (Å²) in [5.74, 6) is 0.204. The van der Waals surface area contributed by atoms with Crippen LogP contribution in [0.3, 0.4) is 0 Å². The van der Waals surface area contributed by atoms with Gasteiger partial charge in [-0.3, -0.25) is 9.48 Å². The minimum absolute atomic E-state index is 0. The standard InChI is InChI=1S/C20H21F2N3O.ClH/c1-10(2)16-12-7-8-13(16)17-11(12)5-4-6-15(17)23-20(26)14-9-25(3)24-18(14)19(21)22;/h4-6,9,12-13,19H,7-8H2,1-3H3,(H,23,26);1H. The molecule has 1 aromatic carbocycles. The van der Waals surface area contributed by atoms with E-state index < -0.39 is 18.0 Å². The van der Waals surface area contributed by atoms with E-state index >= 15 is 0 Å². The average Bonchev–Trinajstić information content (AvgIpc) is 3.26. The third kappa shape index (κ3) is 3.06. The number of nitrogens with one attached hydrogen (secondary N) is 1. The number of aromatic nitrogens is 2. The Morgan fingerprint density at radius 1 is 1.26 bits per heavy atom. The predicted molar refractivity (Wildman–Crippen MR) is 103 cm³/mol. The first-order valence-corrected chi connectivity index (χ1v) is 8.81. The summed E-state index contributed by atoms with van der Waals surface area (Å²) >= 11 is 0. The number of aryl methyl sites for hydroxylation is 1. The first-order chi connectivity index (χ1) is 12.4. The summed E-state index contributed by atoms with van der Waals surface area (Å²) < 4.78 is 27.6. The fourth-order valence-electron chi connectivity index (χ4n) is 4.62. The van der Waals surface area contributed by atoms with Gasteiger partial charge in [0, 0.05) is 30.8 Å². The number of halogens is 3. The van der Waals surface area contributed by atoms with Crippen LogP contribution in [-0.4, -0.2) is 15.7 Å². The number of fused-ring (bicyclic) bond motifs is 5. The molecule has 4 rings (SSSR count). The Hall–Kier alpha value is -2.21. The van der Waals surface area contributed by atoms with E-state index in [9.17, 15) is 13.6 Å². The predicted octanol–water partition coefficient (Wildman–Crippen LogP) is 5.34. The Balaban J connectivity index is 0.00000210. The van der Waals surface area contributed by atoms with Crippen molar-refractivity contribution in [3.05, 3.63) is 57.9 Å². The Morgan fingerprint density at radius 2 is 1.96 bits per heavy atom. The number of hydrogen-bond acceptors (Lipinski definition) is 2. The van der Waals surface area contributed by atoms with Gasteiger partial charge in [-0.2, -0.15) is 5.10 Å². The number of anilines is 1. The van der Waals surface area contributed by atoms with Crippen LogP contribution in [0.5, 0.6) is 0 Å². The molecule has 0 saturated heterocycles. The van der Waals surface area contributed by atoms with Crippen LogP contribution in [0.25, 0.3) is 0 Å². The van der Waals surface area contributed by atoms with Crippen LogP contribution < -0.4 is 5.32 Å². The number of benzene rings is 1. The fourth-order valence-corrected chi connectivity index (χ4v) is 4.62. The smallest absolute Gasteiger partial charge is 0.282 e. The molecule has 144 valence electrons. The number of amides is 1. The van der Waals surface area contributed by atoms with Gasteiger partial charge in [-0.15, -0.1) is 12.4 Å². The molecule has 7 heteroatoms. The molecular weight excluding hydrogens is 372 g/mol. The van der Waals surface area contributed by atoms with Gasteiger partial charge in [0.15, 0.2) is 0 Å². The van der Waals surface area contributed by atoms with Crippen molar-refractivity contribution in [1.82, 2.24) is 9.78 Å². The van der Waals surface area contributed by atoms with Gasteiger partial charge in [0.1, 0.15) is 5.69 Å². The molecule has 0 spiro atoms. The largest absolute Gasteiger partial charge is 0.322 e. The lowest BCUT2D eigenvalue weighted by Gasteiger charge is -2.18. The zero-order valence-corrected chi connectivity index (χ0v) is 16.2. The van der Waals surface area contributed by atoms with Crippen molar-refractivity contribution in [2.75, 3.05) is 5.32 Å². The maximum Gasteiger partial charge on any atom is 0.282 e. The Kier molecular flexibility index (Phi) is 5.12. The lowest BCUT2D eigenvalue weighted by Crippen LogP contribution is -2.16. The zero-order valence-electron chi connectivity index (χ0n) is 15.4. The van der Waals surface area contributed by atoms with Crippen molar-refractivity contribution in [2.24, 2.45) is 7.05 Å². The summed E-state index contributed by atoms with van der Waals surface area (Å²) in [6.45, 7) is 4.27. The molecule has 2 aliphatic rings. The second kappa shape index (κ2) is 7.08. The lowest BCUT2D eigenvalue weighted by atomic mass is 9.90. The van der Waals surface area contributed by atoms with Crippen LogP contribution in [0.1, 0.15) is 72.1 Å². The van der Waals surface area contributed by atoms with Gasteiger partial charge in [-0.05, 0) is 43.9 Å². The van der Waals surface area contributed by atoms with E-state index in [0.717, 1.165) is 24.1 Å². The molecule has 1 saturated carbocycles. The third-order valence-corrected chi connectivity index (χ3v) is 5.49. The summed E-state index contributed by atoms with van der Waals surface area (Å²) in [6, 6.07) is 5.90. The molecule has 0 radical (unpaired) electrons. The van der Waals surface area contributed by atoms with Crippen molar-refractivity contribution in [1.29, 1.82) is 0 Å². The third-order valence-electron chi connectivity index (χ3n) is 5.49. The second-order valence-corrected chi connectivity index (χ2v) is 7.30. The maximum absolute atomic E-state index is 13.2. The first-order valence-electron chi connectivity index (χ1n) is 8.81. The highest BCUT2D eigenvalue weighted by Gasteiger charge is 2.43. The first kappa shape index (κ1) is 19.5. The number of alkyl halides is 2. The molecule has 1 fully saturated rings. The van der Waals surface area contributed by atoms with Crippen LogP contribution >= 0.6 is 12.4 Å². The highest BCUT2D eigenvalue weighted by Crippen LogP contribution is 2.59. The van der Waals surface area contributed by atoms with Gasteiger partial charge in [0.25, 0.3) is 12.3 Å². The monoisotopic (exact) mass is 393 g/mol. The molecule has 2 atom stereocenters. The van der Waals surface area contributed by atoms with E-state index in [1.165, 1.54) is 34.6 Å². The zero-order chi connectivity index (χ0) is 18.6. The number of hydrogen-bond donors (Lipinski definition) is 1. The van der Waals surface area contributed by atoms with Crippen molar-refractivity contribution < 1.29 is 13.6 Å². The van der Waals surface area contributed by atoms with Crippen molar-refractivity contribution in [2.45, 2.75) is 45.0 Å². The highest BCUT2D eigenvalue weighted by atomic mass is 35.5. The number of rotatable bonds is 3. The molecule has 1 N–H and O–H groups in total. The van der Waals surface area contributed by atoms with E-state index in [2.05, 4.69) is 30.3 Å². The van der Waals surface area contributed by atoms with E-state index in [0.29, 0.717) is 11.8 Å². The molecule has 2 aliphatic carbocycles. The van der Waals surface area contributed by atoms with Crippen molar-refractivity contribution >= 4 is 24.0 Å². The van der Waals surface area contributed by atoms with Crippen LogP contribution in [0, 0.1) is 0 Å².